The summed E-state index contributed by atoms with van der Waals surface area (Å²) in [6, 6.07) is 0. The van der Waals surface area contributed by atoms with Crippen LogP contribution in [0.5, 0.6) is 0 Å². The van der Waals surface area contributed by atoms with Crippen LogP contribution >= 0.6 is 0 Å². The van der Waals surface area contributed by atoms with Crippen molar-refractivity contribution >= 4 is 11.9 Å². The second-order valence-electron chi connectivity index (χ2n) is 20.7. The van der Waals surface area contributed by atoms with Crippen molar-refractivity contribution in [2.24, 2.45) is 50.2 Å². The summed E-state index contributed by atoms with van der Waals surface area (Å²) in [4.78, 5) is 26.4. The Hall–Kier alpha value is -1.76. The molecule has 2 heterocycles. The van der Waals surface area contributed by atoms with Gasteiger partial charge in [-0.1, -0.05) is 60.1 Å². The van der Waals surface area contributed by atoms with Gasteiger partial charge in [-0.25, -0.2) is 4.79 Å². The van der Waals surface area contributed by atoms with E-state index in [1.807, 2.05) is 13.8 Å². The Balaban J connectivity index is 1.17. The molecule has 4 unspecified atom stereocenters. The molecule has 15 nitrogen and oxygen atoms in total. The van der Waals surface area contributed by atoms with Gasteiger partial charge in [-0.3, -0.25) is 4.79 Å². The van der Waals surface area contributed by atoms with E-state index in [2.05, 4.69) is 40.7 Å². The number of carbonyl (C=O) groups excluding carboxylic acids is 1. The molecule has 324 valence electrons. The molecule has 0 spiro atoms. The van der Waals surface area contributed by atoms with Crippen molar-refractivity contribution in [1.29, 1.82) is 0 Å². The van der Waals surface area contributed by atoms with Crippen molar-refractivity contribution in [2.75, 3.05) is 6.61 Å². The van der Waals surface area contributed by atoms with Gasteiger partial charge in [0.1, 0.15) is 42.7 Å². The van der Waals surface area contributed by atoms with Gasteiger partial charge in [0.15, 0.2) is 12.4 Å². The fourth-order valence-electron chi connectivity index (χ4n) is 13.5. The van der Waals surface area contributed by atoms with Gasteiger partial charge in [0.2, 0.25) is 6.29 Å². The summed E-state index contributed by atoms with van der Waals surface area (Å²) >= 11 is 0. The van der Waals surface area contributed by atoms with Crippen LogP contribution in [0.2, 0.25) is 0 Å². The second-order valence-corrected chi connectivity index (χ2v) is 20.7. The first-order valence-electron chi connectivity index (χ1n) is 20.9. The minimum atomic E-state index is -1.80. The maximum absolute atomic E-state index is 14.6. The Morgan fingerprint density at radius 2 is 1.40 bits per heavy atom. The van der Waals surface area contributed by atoms with E-state index in [0.717, 1.165) is 25.7 Å². The number of aliphatic carboxylic acids is 1. The van der Waals surface area contributed by atoms with Gasteiger partial charge >= 0.3 is 11.9 Å². The van der Waals surface area contributed by atoms with Gasteiger partial charge in [-0.05, 0) is 103 Å². The highest BCUT2D eigenvalue weighted by Gasteiger charge is 2.70. The number of ether oxygens (including phenoxy) is 4. The van der Waals surface area contributed by atoms with E-state index in [9.17, 15) is 55.5 Å². The molecule has 4 saturated carbocycles. The van der Waals surface area contributed by atoms with Gasteiger partial charge in [0.25, 0.3) is 0 Å². The molecule has 5 aliphatic carbocycles. The van der Waals surface area contributed by atoms with E-state index >= 15 is 0 Å². The van der Waals surface area contributed by atoms with E-state index in [4.69, 9.17) is 18.9 Å². The number of carboxylic acids is 1. The first kappa shape index (κ1) is 43.3. The quantitative estimate of drug-likeness (QED) is 0.104. The molecule has 7 rings (SSSR count). The zero-order valence-electron chi connectivity index (χ0n) is 34.3. The van der Waals surface area contributed by atoms with Crippen LogP contribution in [0.15, 0.2) is 11.6 Å². The molecule has 57 heavy (non-hydrogen) atoms. The Labute approximate surface area is 334 Å². The zero-order chi connectivity index (χ0) is 42.0. The van der Waals surface area contributed by atoms with E-state index in [-0.39, 0.29) is 40.4 Å². The summed E-state index contributed by atoms with van der Waals surface area (Å²) in [5.41, 5.74) is -1.57. The summed E-state index contributed by atoms with van der Waals surface area (Å²) in [5, 5.41) is 94.0. The van der Waals surface area contributed by atoms with Crippen molar-refractivity contribution in [3.05, 3.63) is 11.6 Å². The molecule has 0 aromatic heterocycles. The smallest absolute Gasteiger partial charge is 0.335 e. The standard InChI is InChI=1S/C42H66O15/c1-37(2)16-20-19-8-9-23-39(5)12-11-25(55-35-31(50)28(47)29(48)32(56-35)33(51)52)38(3,4)22(39)10-13-41(23,7)40(19,6)14-15-42(20,17-24(37)44)36(53)57-34-30(49)27(46)26(45)21(18-43)54-34/h8,20-32,34-35,43-50H,9-18H2,1-7H3,(H,51,52)/t20?,21-,22?,23?,24?,25+,26-,27+,28+,29+,30-,31-,32+,34+,35-,39+,40-,41-,42-/m1/s1. The number of hydrogen-bond donors (Lipinski definition) is 9. The number of carbonyl (C=O) groups is 2. The fourth-order valence-corrected chi connectivity index (χ4v) is 13.5. The summed E-state index contributed by atoms with van der Waals surface area (Å²) in [6.45, 7) is 14.8. The molecule has 0 amide bonds. The molecule has 6 fully saturated rings. The van der Waals surface area contributed by atoms with Crippen LogP contribution in [0, 0.1) is 50.2 Å². The third kappa shape index (κ3) is 6.30. The van der Waals surface area contributed by atoms with E-state index in [0.29, 0.717) is 25.7 Å². The van der Waals surface area contributed by atoms with Crippen molar-refractivity contribution in [2.45, 2.75) is 180 Å². The Kier molecular flexibility index (Phi) is 11.0. The van der Waals surface area contributed by atoms with Crippen molar-refractivity contribution < 1.29 is 74.5 Å². The first-order chi connectivity index (χ1) is 26.4. The van der Waals surface area contributed by atoms with Crippen molar-refractivity contribution in [3.63, 3.8) is 0 Å². The minimum absolute atomic E-state index is 0.145. The van der Waals surface area contributed by atoms with Crippen LogP contribution < -0.4 is 0 Å². The number of carboxylic acid groups (broad SMARTS) is 1. The first-order valence-corrected chi connectivity index (χ1v) is 20.9. The average molecular weight is 811 g/mol. The number of aliphatic hydroxyl groups excluding tert-OH is 8. The third-order valence-corrected chi connectivity index (χ3v) is 17.4. The average Bonchev–Trinajstić information content (AvgIpc) is 3.13. The molecule has 9 N–H and O–H groups in total. The molecule has 0 bridgehead atoms. The van der Waals surface area contributed by atoms with Crippen molar-refractivity contribution in [1.82, 2.24) is 0 Å². The lowest BCUT2D eigenvalue weighted by molar-refractivity contribution is -0.324. The fraction of sp³-hybridized carbons (Fsp3) is 0.905. The highest BCUT2D eigenvalue weighted by Crippen LogP contribution is 2.76. The van der Waals surface area contributed by atoms with Crippen LogP contribution in [0.3, 0.4) is 0 Å². The molecular formula is C42H66O15. The maximum atomic E-state index is 14.6. The normalized spacial score (nSPS) is 52.9. The predicted molar refractivity (Wildman–Crippen MR) is 199 cm³/mol. The molecule has 0 aromatic carbocycles. The lowest BCUT2D eigenvalue weighted by Crippen LogP contribution is -2.67. The summed E-state index contributed by atoms with van der Waals surface area (Å²) < 4.78 is 23.4. The lowest BCUT2D eigenvalue weighted by Gasteiger charge is -2.71. The molecule has 19 atom stereocenters. The predicted octanol–water partition coefficient (Wildman–Crippen LogP) is 1.38. The Morgan fingerprint density at radius 3 is 2.05 bits per heavy atom. The summed E-state index contributed by atoms with van der Waals surface area (Å²) in [7, 11) is 0. The zero-order valence-corrected chi connectivity index (χ0v) is 34.3. The molecular weight excluding hydrogens is 744 g/mol. The third-order valence-electron chi connectivity index (χ3n) is 17.4. The van der Waals surface area contributed by atoms with E-state index in [1.165, 1.54) is 5.57 Å². The van der Waals surface area contributed by atoms with Gasteiger partial charge in [-0.15, -0.1) is 0 Å². The number of rotatable bonds is 6. The van der Waals surface area contributed by atoms with E-state index in [1.54, 1.807) is 0 Å². The maximum Gasteiger partial charge on any atom is 0.335 e. The second kappa shape index (κ2) is 14.4. The lowest BCUT2D eigenvalue weighted by atomic mass is 9.33. The molecule has 15 heteroatoms. The summed E-state index contributed by atoms with van der Waals surface area (Å²) in [5.74, 6) is -1.96. The monoisotopic (exact) mass is 810 g/mol. The largest absolute Gasteiger partial charge is 0.479 e. The molecule has 7 aliphatic rings. The molecule has 0 radical (unpaired) electrons. The number of hydrogen-bond acceptors (Lipinski definition) is 14. The van der Waals surface area contributed by atoms with Gasteiger partial charge in [0, 0.05) is 0 Å². The van der Waals surface area contributed by atoms with Crippen LogP contribution in [0.1, 0.15) is 106 Å². The minimum Gasteiger partial charge on any atom is -0.479 e. The van der Waals surface area contributed by atoms with Crippen LogP contribution in [-0.2, 0) is 28.5 Å². The van der Waals surface area contributed by atoms with Crippen LogP contribution in [0.4, 0.5) is 0 Å². The van der Waals surface area contributed by atoms with Crippen LogP contribution in [-0.4, -0.2) is 138 Å². The number of allylic oxidation sites excluding steroid dienone is 2. The molecule has 2 saturated heterocycles. The van der Waals surface area contributed by atoms with E-state index < -0.39 is 108 Å². The van der Waals surface area contributed by atoms with Gasteiger partial charge < -0.3 is 64.9 Å². The van der Waals surface area contributed by atoms with Crippen molar-refractivity contribution in [3.8, 4) is 0 Å². The van der Waals surface area contributed by atoms with Gasteiger partial charge in [0.05, 0.1) is 24.2 Å². The number of fused-ring (bicyclic) bond motifs is 7. The molecule has 0 aromatic rings. The highest BCUT2D eigenvalue weighted by molar-refractivity contribution is 5.79. The molecule has 2 aliphatic heterocycles. The summed E-state index contributed by atoms with van der Waals surface area (Å²) in [6.07, 6.45) is -9.51. The topological polar surface area (TPSA) is 253 Å². The highest BCUT2D eigenvalue weighted by atomic mass is 16.7. The van der Waals surface area contributed by atoms with Gasteiger partial charge in [-0.2, -0.15) is 0 Å². The van der Waals surface area contributed by atoms with Crippen LogP contribution in [0.25, 0.3) is 0 Å². The SMILES string of the molecule is CC1(C)CC2C3=CCC4[C@@]5(C)CC[C@H](O[C@@H]6O[C@H](C(=O)O)[C@@H](O)[C@H](O)[C@H]6O)C(C)(C)C5CC[C@@]4(C)[C@]3(C)CC[C@@]2(C(=O)O[C@@H]2O[C@H](CO)[C@@H](O)[C@H](O)[C@H]2O)CC1O. The number of esters is 1. The number of aliphatic hydroxyl groups is 8. The Bertz CT molecular complexity index is 1600. The Morgan fingerprint density at radius 1 is 0.754 bits per heavy atom.